The van der Waals surface area contributed by atoms with E-state index in [0.717, 1.165) is 37.4 Å². The molecule has 0 amide bonds. The molecule has 2 heterocycles. The van der Waals surface area contributed by atoms with Gasteiger partial charge in [-0.1, -0.05) is 0 Å². The van der Waals surface area contributed by atoms with Crippen LogP contribution in [-0.2, 0) is 11.2 Å². The predicted molar refractivity (Wildman–Crippen MR) is 119 cm³/mol. The number of anilines is 2. The molecule has 4 aromatic rings. The molecule has 144 valence electrons. The maximum absolute atomic E-state index is 10.9. The predicted octanol–water partition coefficient (Wildman–Crippen LogP) is 5.20. The average Bonchev–Trinajstić information content (AvgIpc) is 3.15. The van der Waals surface area contributed by atoms with Crippen LogP contribution in [0.15, 0.2) is 59.1 Å². The Hall–Kier alpha value is -2.19. The van der Waals surface area contributed by atoms with E-state index in [0.29, 0.717) is 6.42 Å². The Labute approximate surface area is 170 Å². The number of hydrogen-bond acceptors (Lipinski definition) is 6. The largest absolute Gasteiger partial charge is 0.396 e. The van der Waals surface area contributed by atoms with Crippen molar-refractivity contribution >= 4 is 55.0 Å². The van der Waals surface area contributed by atoms with Crippen LogP contribution in [0, 0.1) is 0 Å². The van der Waals surface area contributed by atoms with Crippen molar-refractivity contribution in [1.82, 2.24) is 9.97 Å². The molecule has 0 saturated heterocycles. The number of nitrogens with one attached hydrogen (secondary N) is 1. The zero-order valence-corrected chi connectivity index (χ0v) is 17.3. The molecular weight excluding hydrogens is 390 g/mol. The third-order valence-electron chi connectivity index (χ3n) is 4.78. The molecule has 2 aromatic carbocycles. The minimum absolute atomic E-state index is 0.0537. The summed E-state index contributed by atoms with van der Waals surface area (Å²) in [5.74, 6) is 0. The second-order valence-corrected chi connectivity index (χ2v) is 10.2. The Balaban J connectivity index is 1.72. The molecule has 3 N–H and O–H groups in total. The van der Waals surface area contributed by atoms with Crippen molar-refractivity contribution in [3.63, 3.8) is 0 Å². The summed E-state index contributed by atoms with van der Waals surface area (Å²) in [6.45, 7) is 4.00. The van der Waals surface area contributed by atoms with Crippen LogP contribution >= 0.6 is 11.3 Å². The molecule has 0 aliphatic heterocycles. The van der Waals surface area contributed by atoms with Gasteiger partial charge in [-0.15, -0.1) is 11.3 Å². The maximum Gasteiger partial charge on any atom is 0.191 e. The maximum atomic E-state index is 10.9. The monoisotopic (exact) mass is 412 g/mol. The molecule has 0 aliphatic carbocycles. The molecule has 0 radical (unpaired) electrons. The molecule has 2 aromatic heterocycles. The molecule has 0 saturated carbocycles. The Morgan fingerprint density at radius 3 is 2.75 bits per heavy atom. The molecule has 0 spiro atoms. The Morgan fingerprint density at radius 2 is 1.93 bits per heavy atom. The quantitative estimate of drug-likeness (QED) is 0.379. The van der Waals surface area contributed by atoms with Crippen LogP contribution in [0.4, 0.5) is 11.4 Å². The van der Waals surface area contributed by atoms with Crippen molar-refractivity contribution in [2.24, 2.45) is 0 Å². The van der Waals surface area contributed by atoms with Gasteiger partial charge in [-0.2, -0.15) is 4.55 Å². The minimum atomic E-state index is -0.992. The lowest BCUT2D eigenvalue weighted by atomic mass is 10.1. The number of aromatic nitrogens is 2. The van der Waals surface area contributed by atoms with Crippen molar-refractivity contribution in [3.8, 4) is 0 Å². The lowest BCUT2D eigenvalue weighted by molar-refractivity contribution is 0.272. The SMILES string of the molecule is CC(C)(CCO)[S+](O)c1ccc2nccc(Nc3ccc4scnc4c3)c2c1. The number of thiazole rings is 1. The van der Waals surface area contributed by atoms with E-state index in [1.165, 1.54) is 0 Å². The van der Waals surface area contributed by atoms with Gasteiger partial charge in [-0.05, 0) is 50.2 Å². The average molecular weight is 413 g/mol. The molecule has 1 unspecified atom stereocenters. The highest BCUT2D eigenvalue weighted by Gasteiger charge is 2.40. The van der Waals surface area contributed by atoms with E-state index in [4.69, 9.17) is 0 Å². The normalized spacial score (nSPS) is 13.1. The van der Waals surface area contributed by atoms with Crippen LogP contribution in [0.25, 0.3) is 21.1 Å². The van der Waals surface area contributed by atoms with Gasteiger partial charge in [0.2, 0.25) is 0 Å². The topological polar surface area (TPSA) is 78.3 Å². The number of nitrogens with zero attached hydrogens (tertiary/aromatic N) is 2. The van der Waals surface area contributed by atoms with Crippen LogP contribution in [0.5, 0.6) is 0 Å². The zero-order valence-electron chi connectivity index (χ0n) is 15.7. The van der Waals surface area contributed by atoms with Crippen LogP contribution in [0.3, 0.4) is 0 Å². The highest BCUT2D eigenvalue weighted by atomic mass is 32.2. The third-order valence-corrected chi connectivity index (χ3v) is 7.54. The summed E-state index contributed by atoms with van der Waals surface area (Å²) in [4.78, 5) is 9.68. The summed E-state index contributed by atoms with van der Waals surface area (Å²) in [7, 11) is 0. The number of benzene rings is 2. The van der Waals surface area contributed by atoms with Gasteiger partial charge in [0.25, 0.3) is 0 Å². The summed E-state index contributed by atoms with van der Waals surface area (Å²) < 4.78 is 11.6. The van der Waals surface area contributed by atoms with Crippen LogP contribution < -0.4 is 5.32 Å². The lowest BCUT2D eigenvalue weighted by Gasteiger charge is -2.19. The number of fused-ring (bicyclic) bond motifs is 2. The molecule has 28 heavy (non-hydrogen) atoms. The van der Waals surface area contributed by atoms with Gasteiger partial charge < -0.3 is 10.4 Å². The third kappa shape index (κ3) is 3.71. The first-order valence-electron chi connectivity index (χ1n) is 9.01. The number of hydrogen-bond donors (Lipinski definition) is 3. The number of pyridine rings is 1. The number of rotatable bonds is 6. The molecular formula is C21H22N3O2S2+. The van der Waals surface area contributed by atoms with Crippen molar-refractivity contribution in [1.29, 1.82) is 0 Å². The van der Waals surface area contributed by atoms with Gasteiger partial charge in [-0.25, -0.2) is 4.98 Å². The molecule has 0 fully saturated rings. The standard InChI is InChI=1S/C21H22N3O2S2/c1-21(2,8-10-25)28(26)15-4-5-17-16(12-15)18(7-9-22-17)24-14-3-6-20-19(11-14)23-13-27-20/h3-7,9,11-13,25-26H,8,10H2,1-2H3,(H,22,24)/q+1. The van der Waals surface area contributed by atoms with E-state index in [1.54, 1.807) is 17.5 Å². The van der Waals surface area contributed by atoms with Gasteiger partial charge in [-0.3, -0.25) is 4.98 Å². The second kappa shape index (κ2) is 7.67. The fourth-order valence-electron chi connectivity index (χ4n) is 3.13. The Bertz CT molecular complexity index is 1130. The van der Waals surface area contributed by atoms with E-state index >= 15 is 0 Å². The fraction of sp³-hybridized carbons (Fsp3) is 0.238. The lowest BCUT2D eigenvalue weighted by Crippen LogP contribution is -2.32. The molecule has 1 atom stereocenters. The van der Waals surface area contributed by atoms with Crippen molar-refractivity contribution in [2.45, 2.75) is 29.9 Å². The van der Waals surface area contributed by atoms with E-state index < -0.39 is 15.9 Å². The summed E-state index contributed by atoms with van der Waals surface area (Å²) in [6.07, 6.45) is 2.32. The van der Waals surface area contributed by atoms with E-state index in [1.807, 2.05) is 55.8 Å². The van der Waals surface area contributed by atoms with Gasteiger partial charge in [0.05, 0.1) is 21.2 Å². The first kappa shape index (κ1) is 19.1. The van der Waals surface area contributed by atoms with Crippen LogP contribution in [0.1, 0.15) is 20.3 Å². The molecule has 7 heteroatoms. The summed E-state index contributed by atoms with van der Waals surface area (Å²) in [5, 5.41) is 13.7. The summed E-state index contributed by atoms with van der Waals surface area (Å²) in [6, 6.07) is 13.9. The second-order valence-electron chi connectivity index (χ2n) is 7.22. The summed E-state index contributed by atoms with van der Waals surface area (Å²) >= 11 is 0.631. The minimum Gasteiger partial charge on any atom is -0.396 e. The van der Waals surface area contributed by atoms with E-state index in [2.05, 4.69) is 21.4 Å². The van der Waals surface area contributed by atoms with Gasteiger partial charge in [0.15, 0.2) is 20.8 Å². The highest BCUT2D eigenvalue weighted by Crippen LogP contribution is 2.33. The summed E-state index contributed by atoms with van der Waals surface area (Å²) in [5.41, 5.74) is 5.56. The van der Waals surface area contributed by atoms with Gasteiger partial charge in [0.1, 0.15) is 0 Å². The van der Waals surface area contributed by atoms with Gasteiger partial charge >= 0.3 is 0 Å². The first-order chi connectivity index (χ1) is 13.5. The Morgan fingerprint density at radius 1 is 1.07 bits per heavy atom. The number of aliphatic hydroxyl groups excluding tert-OH is 1. The molecule has 0 aliphatic rings. The first-order valence-corrected chi connectivity index (χ1v) is 11.1. The van der Waals surface area contributed by atoms with Crippen molar-refractivity contribution in [3.05, 3.63) is 54.2 Å². The van der Waals surface area contributed by atoms with E-state index in [9.17, 15) is 9.66 Å². The zero-order chi connectivity index (χ0) is 19.7. The van der Waals surface area contributed by atoms with Crippen LogP contribution in [-0.4, -0.2) is 31.0 Å². The van der Waals surface area contributed by atoms with Crippen molar-refractivity contribution < 1.29 is 9.66 Å². The highest BCUT2D eigenvalue weighted by molar-refractivity contribution is 7.92. The van der Waals surface area contributed by atoms with Crippen LogP contribution in [0.2, 0.25) is 0 Å². The molecule has 5 nitrogen and oxygen atoms in total. The van der Waals surface area contributed by atoms with E-state index in [-0.39, 0.29) is 6.61 Å². The fourth-order valence-corrected chi connectivity index (χ4v) is 5.14. The number of aliphatic hydroxyl groups is 1. The molecule has 4 rings (SSSR count). The molecule has 0 bridgehead atoms. The smallest absolute Gasteiger partial charge is 0.191 e. The Kier molecular flexibility index (Phi) is 5.25. The van der Waals surface area contributed by atoms with Crippen molar-refractivity contribution in [2.75, 3.05) is 11.9 Å². The van der Waals surface area contributed by atoms with Gasteiger partial charge in [0, 0.05) is 42.1 Å².